The van der Waals surface area contributed by atoms with Gasteiger partial charge >= 0.3 is 0 Å². The number of thiophene rings is 1. The third-order valence-corrected chi connectivity index (χ3v) is 7.40. The fraction of sp³-hybridized carbons (Fsp3) is 0.367. The van der Waals surface area contributed by atoms with Crippen LogP contribution < -0.4 is 0 Å². The Morgan fingerprint density at radius 3 is 1.88 bits per heavy atom. The quantitative estimate of drug-likeness (QED) is 0.302. The molecule has 0 atom stereocenters. The molecule has 0 unspecified atom stereocenters. The fourth-order valence-corrected chi connectivity index (χ4v) is 5.61. The Bertz CT molecular complexity index is 1290. The zero-order valence-electron chi connectivity index (χ0n) is 21.0. The third-order valence-electron chi connectivity index (χ3n) is 6.29. The number of pyridine rings is 1. The molecule has 0 amide bonds. The second-order valence-corrected chi connectivity index (χ2v) is 12.4. The van der Waals surface area contributed by atoms with Crippen LogP contribution in [0, 0.1) is 20.8 Å². The summed E-state index contributed by atoms with van der Waals surface area (Å²) in [4.78, 5) is 6.17. The van der Waals surface area contributed by atoms with E-state index in [1.54, 1.807) is 0 Å². The van der Waals surface area contributed by atoms with E-state index in [0.29, 0.717) is 0 Å². The summed E-state index contributed by atoms with van der Waals surface area (Å²) in [5.74, 6) is 0. The number of aryl methyl sites for hydroxylation is 3. The molecule has 0 fully saturated rings. The van der Waals surface area contributed by atoms with Crippen molar-refractivity contribution in [2.24, 2.45) is 0 Å². The van der Waals surface area contributed by atoms with Crippen molar-refractivity contribution in [1.82, 2.24) is 4.98 Å². The van der Waals surface area contributed by atoms with Gasteiger partial charge in [-0.1, -0.05) is 65.3 Å². The van der Waals surface area contributed by atoms with Crippen LogP contribution in [0.15, 0.2) is 48.7 Å². The highest BCUT2D eigenvalue weighted by molar-refractivity contribution is 7.22. The van der Waals surface area contributed by atoms with Crippen molar-refractivity contribution < 1.29 is 0 Å². The van der Waals surface area contributed by atoms with Crippen molar-refractivity contribution in [3.8, 4) is 21.7 Å². The van der Waals surface area contributed by atoms with E-state index in [9.17, 15) is 0 Å². The highest BCUT2D eigenvalue weighted by Gasteiger charge is 2.19. The van der Waals surface area contributed by atoms with Crippen LogP contribution in [0.5, 0.6) is 0 Å². The summed E-state index contributed by atoms with van der Waals surface area (Å²) < 4.78 is 1.29. The average molecular weight is 442 g/mol. The maximum absolute atomic E-state index is 4.85. The van der Waals surface area contributed by atoms with Crippen LogP contribution in [-0.4, -0.2) is 4.98 Å². The minimum atomic E-state index is 0.120. The van der Waals surface area contributed by atoms with Crippen molar-refractivity contribution in [2.75, 3.05) is 0 Å². The van der Waals surface area contributed by atoms with Gasteiger partial charge in [-0.2, -0.15) is 0 Å². The summed E-state index contributed by atoms with van der Waals surface area (Å²) in [6.07, 6.45) is 2.04. The number of hydrogen-bond donors (Lipinski definition) is 0. The number of benzene rings is 2. The zero-order valence-corrected chi connectivity index (χ0v) is 21.8. The molecule has 0 aliphatic rings. The zero-order chi connectivity index (χ0) is 23.4. The molecule has 2 aromatic heterocycles. The first-order valence-electron chi connectivity index (χ1n) is 11.5. The van der Waals surface area contributed by atoms with Crippen LogP contribution in [0.4, 0.5) is 0 Å². The van der Waals surface area contributed by atoms with Gasteiger partial charge in [0.1, 0.15) is 0 Å². The van der Waals surface area contributed by atoms with Crippen LogP contribution in [0.1, 0.15) is 69.4 Å². The Labute approximate surface area is 197 Å². The molecule has 0 saturated carbocycles. The van der Waals surface area contributed by atoms with E-state index >= 15 is 0 Å². The van der Waals surface area contributed by atoms with E-state index in [2.05, 4.69) is 105 Å². The van der Waals surface area contributed by atoms with Crippen LogP contribution >= 0.6 is 11.3 Å². The molecule has 1 nitrogen and oxygen atoms in total. The summed E-state index contributed by atoms with van der Waals surface area (Å²) >= 11 is 1.87. The van der Waals surface area contributed by atoms with E-state index in [1.165, 1.54) is 53.9 Å². The van der Waals surface area contributed by atoms with Crippen molar-refractivity contribution >= 4 is 21.4 Å². The average Bonchev–Trinajstić information content (AvgIpc) is 3.08. The predicted molar refractivity (Wildman–Crippen MR) is 142 cm³/mol. The van der Waals surface area contributed by atoms with Crippen molar-refractivity contribution in [3.05, 3.63) is 76.5 Å². The normalized spacial score (nSPS) is 12.5. The topological polar surface area (TPSA) is 12.9 Å². The van der Waals surface area contributed by atoms with E-state index in [-0.39, 0.29) is 10.8 Å². The van der Waals surface area contributed by atoms with Crippen LogP contribution in [0.3, 0.4) is 0 Å². The highest BCUT2D eigenvalue weighted by Crippen LogP contribution is 2.40. The van der Waals surface area contributed by atoms with E-state index in [0.717, 1.165) is 5.69 Å². The van der Waals surface area contributed by atoms with Gasteiger partial charge in [-0.25, -0.2) is 0 Å². The standard InChI is InChI=1S/C30H35NS/c1-18-10-21(14-23(11-18)29(4,5)6)25-16-26-22(17-31-25)15-27(32-26)28-19(2)12-24(13-20(28)3)30(7,8)9/h10-17H,1-9H3. The molecule has 0 N–H and O–H groups in total. The summed E-state index contributed by atoms with van der Waals surface area (Å²) in [7, 11) is 0. The summed E-state index contributed by atoms with van der Waals surface area (Å²) in [5, 5.41) is 1.22. The van der Waals surface area contributed by atoms with Gasteiger partial charge in [0.25, 0.3) is 0 Å². The Morgan fingerprint density at radius 2 is 1.28 bits per heavy atom. The lowest BCUT2D eigenvalue weighted by Gasteiger charge is -2.22. The maximum atomic E-state index is 4.85. The first kappa shape index (κ1) is 22.7. The van der Waals surface area contributed by atoms with Crippen LogP contribution in [0.2, 0.25) is 0 Å². The van der Waals surface area contributed by atoms with E-state index in [1.807, 2.05) is 17.5 Å². The van der Waals surface area contributed by atoms with Gasteiger partial charge in [-0.05, 0) is 83.7 Å². The van der Waals surface area contributed by atoms with Crippen LogP contribution in [-0.2, 0) is 10.8 Å². The summed E-state index contributed by atoms with van der Waals surface area (Å²) in [6.45, 7) is 20.3. The second-order valence-electron chi connectivity index (χ2n) is 11.3. The molecular formula is C30H35NS. The third kappa shape index (κ3) is 4.38. The van der Waals surface area contributed by atoms with E-state index in [4.69, 9.17) is 4.98 Å². The molecule has 0 spiro atoms. The van der Waals surface area contributed by atoms with Gasteiger partial charge in [-0.15, -0.1) is 11.3 Å². The van der Waals surface area contributed by atoms with Crippen molar-refractivity contribution in [3.63, 3.8) is 0 Å². The smallest absolute Gasteiger partial charge is 0.0716 e. The molecule has 0 aliphatic carbocycles. The number of fused-ring (bicyclic) bond motifs is 1. The molecule has 0 aliphatic heterocycles. The van der Waals surface area contributed by atoms with Crippen molar-refractivity contribution in [2.45, 2.75) is 73.1 Å². The maximum Gasteiger partial charge on any atom is 0.0716 e. The SMILES string of the molecule is Cc1cc(-c2cc3sc(-c4c(C)cc(C(C)(C)C)cc4C)cc3cn2)cc(C(C)(C)C)c1. The number of nitrogens with zero attached hydrogens (tertiary/aromatic N) is 1. The Kier molecular flexibility index (Phi) is 5.57. The Balaban J connectivity index is 1.80. The van der Waals surface area contributed by atoms with Crippen LogP contribution in [0.25, 0.3) is 31.8 Å². The van der Waals surface area contributed by atoms with Gasteiger partial charge in [0.2, 0.25) is 0 Å². The Morgan fingerprint density at radius 1 is 0.688 bits per heavy atom. The molecule has 4 aromatic rings. The molecule has 0 saturated heterocycles. The molecule has 2 heterocycles. The van der Waals surface area contributed by atoms with Gasteiger partial charge in [-0.3, -0.25) is 4.98 Å². The summed E-state index contributed by atoms with van der Waals surface area (Å²) in [6, 6.07) is 16.1. The molecule has 32 heavy (non-hydrogen) atoms. The molecule has 2 aromatic carbocycles. The lowest BCUT2D eigenvalue weighted by atomic mass is 9.83. The minimum absolute atomic E-state index is 0.120. The van der Waals surface area contributed by atoms with Gasteiger partial charge in [0.05, 0.1) is 5.69 Å². The first-order valence-corrected chi connectivity index (χ1v) is 12.3. The number of hydrogen-bond acceptors (Lipinski definition) is 2. The largest absolute Gasteiger partial charge is 0.256 e. The van der Waals surface area contributed by atoms with Gasteiger partial charge in [0.15, 0.2) is 0 Å². The lowest BCUT2D eigenvalue weighted by Crippen LogP contribution is -2.11. The highest BCUT2D eigenvalue weighted by atomic mass is 32.1. The number of aromatic nitrogens is 1. The van der Waals surface area contributed by atoms with Gasteiger partial charge in [0, 0.05) is 26.7 Å². The lowest BCUT2D eigenvalue weighted by molar-refractivity contribution is 0.589. The molecule has 166 valence electrons. The predicted octanol–water partition coefficient (Wildman–Crippen LogP) is 9.15. The van der Waals surface area contributed by atoms with E-state index < -0.39 is 0 Å². The number of rotatable bonds is 2. The fourth-order valence-electron chi connectivity index (χ4n) is 4.36. The minimum Gasteiger partial charge on any atom is -0.256 e. The molecular weight excluding hydrogens is 406 g/mol. The monoisotopic (exact) mass is 441 g/mol. The van der Waals surface area contributed by atoms with Crippen molar-refractivity contribution in [1.29, 1.82) is 0 Å². The summed E-state index contributed by atoms with van der Waals surface area (Å²) in [5.41, 5.74) is 10.6. The molecule has 2 heteroatoms. The molecule has 0 radical (unpaired) electrons. The first-order chi connectivity index (χ1) is 14.8. The van der Waals surface area contributed by atoms with Gasteiger partial charge < -0.3 is 0 Å². The molecule has 4 rings (SSSR count). The Hall–Kier alpha value is -2.45. The second kappa shape index (κ2) is 7.85. The molecule has 0 bridgehead atoms.